The second-order valence-electron chi connectivity index (χ2n) is 2.43. The van der Waals surface area contributed by atoms with E-state index in [1.54, 1.807) is 6.20 Å². The van der Waals surface area contributed by atoms with E-state index in [2.05, 4.69) is 17.8 Å². The van der Waals surface area contributed by atoms with Gasteiger partial charge in [-0.2, -0.15) is 0 Å². The van der Waals surface area contributed by atoms with Gasteiger partial charge < -0.3 is 0 Å². The Morgan fingerprint density at radius 1 is 1.64 bits per heavy atom. The van der Waals surface area contributed by atoms with Gasteiger partial charge in [0.25, 0.3) is 0 Å². The van der Waals surface area contributed by atoms with E-state index < -0.39 is 0 Å². The van der Waals surface area contributed by atoms with Crippen LogP contribution in [-0.2, 0) is 6.42 Å². The first kappa shape index (κ1) is 7.81. The monoisotopic (exact) mass is 145 g/mol. The normalized spacial score (nSPS) is 9.09. The van der Waals surface area contributed by atoms with Crippen LogP contribution in [0.5, 0.6) is 0 Å². The Bertz CT molecular complexity index is 270. The summed E-state index contributed by atoms with van der Waals surface area (Å²) in [6.45, 7) is 2.13. The highest BCUT2D eigenvalue weighted by Gasteiger charge is 1.92. The van der Waals surface area contributed by atoms with Crippen molar-refractivity contribution in [3.05, 3.63) is 29.6 Å². The maximum absolute atomic E-state index is 5.24. The van der Waals surface area contributed by atoms with E-state index in [1.165, 1.54) is 0 Å². The maximum atomic E-state index is 5.24. The molecule has 0 spiro atoms. The van der Waals surface area contributed by atoms with Crippen molar-refractivity contribution in [1.82, 2.24) is 4.98 Å². The Morgan fingerprint density at radius 2 is 2.45 bits per heavy atom. The number of pyridine rings is 1. The van der Waals surface area contributed by atoms with E-state index in [0.29, 0.717) is 0 Å². The van der Waals surface area contributed by atoms with Crippen molar-refractivity contribution in [1.29, 1.82) is 0 Å². The second-order valence-corrected chi connectivity index (χ2v) is 2.43. The summed E-state index contributed by atoms with van der Waals surface area (Å²) in [6, 6.07) is 3.81. The molecule has 0 saturated carbocycles. The summed E-state index contributed by atoms with van der Waals surface area (Å²) in [4.78, 5) is 4.18. The zero-order valence-electron chi connectivity index (χ0n) is 6.67. The van der Waals surface area contributed by atoms with E-state index in [1.807, 2.05) is 12.1 Å². The molecule has 1 nitrogen and oxygen atoms in total. The fraction of sp³-hybridized carbons (Fsp3) is 0.300. The SMILES string of the molecule is C#Cc1ccnc(CCC)c1. The Kier molecular flexibility index (Phi) is 2.68. The van der Waals surface area contributed by atoms with Crippen LogP contribution in [0.3, 0.4) is 0 Å². The molecule has 0 aromatic carbocycles. The third-order valence-corrected chi connectivity index (χ3v) is 1.49. The van der Waals surface area contributed by atoms with Crippen LogP contribution in [0.2, 0.25) is 0 Å². The Labute approximate surface area is 67.5 Å². The molecular formula is C10H11N. The molecule has 0 amide bonds. The maximum Gasteiger partial charge on any atom is 0.0415 e. The van der Waals surface area contributed by atoms with E-state index in [4.69, 9.17) is 6.42 Å². The molecule has 1 heteroatoms. The summed E-state index contributed by atoms with van der Waals surface area (Å²) in [5, 5.41) is 0. The molecule has 0 aliphatic heterocycles. The predicted molar refractivity (Wildman–Crippen MR) is 46.2 cm³/mol. The summed E-state index contributed by atoms with van der Waals surface area (Å²) >= 11 is 0. The van der Waals surface area contributed by atoms with Crippen LogP contribution in [0.1, 0.15) is 24.6 Å². The van der Waals surface area contributed by atoms with Gasteiger partial charge in [0.1, 0.15) is 0 Å². The molecule has 56 valence electrons. The molecule has 0 aliphatic rings. The summed E-state index contributed by atoms with van der Waals surface area (Å²) in [7, 11) is 0. The Balaban J connectivity index is 2.85. The predicted octanol–water partition coefficient (Wildman–Crippen LogP) is 2.02. The first-order valence-corrected chi connectivity index (χ1v) is 3.78. The van der Waals surface area contributed by atoms with Crippen LogP contribution in [0.4, 0.5) is 0 Å². The van der Waals surface area contributed by atoms with E-state index in [0.717, 1.165) is 24.1 Å². The lowest BCUT2D eigenvalue weighted by molar-refractivity contribution is 0.882. The average molecular weight is 145 g/mol. The smallest absolute Gasteiger partial charge is 0.0415 e. The zero-order chi connectivity index (χ0) is 8.10. The number of terminal acetylenes is 1. The molecule has 1 heterocycles. The molecule has 0 fully saturated rings. The third kappa shape index (κ3) is 2.09. The number of nitrogens with zero attached hydrogens (tertiary/aromatic N) is 1. The van der Waals surface area contributed by atoms with Crippen molar-refractivity contribution >= 4 is 0 Å². The first-order valence-electron chi connectivity index (χ1n) is 3.78. The summed E-state index contributed by atoms with van der Waals surface area (Å²) in [6.07, 6.45) is 9.12. The third-order valence-electron chi connectivity index (χ3n) is 1.49. The molecule has 11 heavy (non-hydrogen) atoms. The molecule has 0 unspecified atom stereocenters. The van der Waals surface area contributed by atoms with Gasteiger partial charge in [0.05, 0.1) is 0 Å². The van der Waals surface area contributed by atoms with Gasteiger partial charge >= 0.3 is 0 Å². The largest absolute Gasteiger partial charge is 0.261 e. The molecule has 1 rings (SSSR count). The fourth-order valence-electron chi connectivity index (χ4n) is 0.961. The zero-order valence-corrected chi connectivity index (χ0v) is 6.67. The summed E-state index contributed by atoms with van der Waals surface area (Å²) < 4.78 is 0. The molecule has 0 aliphatic carbocycles. The number of aryl methyl sites for hydroxylation is 1. The molecule has 1 aromatic rings. The van der Waals surface area contributed by atoms with Crippen molar-refractivity contribution in [3.63, 3.8) is 0 Å². The van der Waals surface area contributed by atoms with Gasteiger partial charge in [0.15, 0.2) is 0 Å². The Morgan fingerprint density at radius 3 is 3.09 bits per heavy atom. The van der Waals surface area contributed by atoms with E-state index >= 15 is 0 Å². The van der Waals surface area contributed by atoms with Crippen LogP contribution >= 0.6 is 0 Å². The lowest BCUT2D eigenvalue weighted by Gasteiger charge is -1.96. The molecule has 0 saturated heterocycles. The first-order chi connectivity index (χ1) is 5.36. The van der Waals surface area contributed by atoms with Crippen molar-refractivity contribution < 1.29 is 0 Å². The molecular weight excluding hydrogens is 134 g/mol. The van der Waals surface area contributed by atoms with Crippen LogP contribution in [0, 0.1) is 12.3 Å². The molecule has 0 bridgehead atoms. The highest BCUT2D eigenvalue weighted by atomic mass is 14.7. The lowest BCUT2D eigenvalue weighted by atomic mass is 10.2. The van der Waals surface area contributed by atoms with Crippen molar-refractivity contribution in [2.24, 2.45) is 0 Å². The average Bonchev–Trinajstić information content (AvgIpc) is 2.06. The minimum Gasteiger partial charge on any atom is -0.261 e. The van der Waals surface area contributed by atoms with Crippen molar-refractivity contribution in [2.45, 2.75) is 19.8 Å². The molecule has 1 aromatic heterocycles. The molecule has 0 N–H and O–H groups in total. The molecule has 0 atom stereocenters. The minimum absolute atomic E-state index is 0.920. The highest BCUT2D eigenvalue weighted by Crippen LogP contribution is 2.02. The summed E-state index contributed by atoms with van der Waals surface area (Å²) in [5.74, 6) is 2.59. The van der Waals surface area contributed by atoms with Crippen LogP contribution in [0.15, 0.2) is 18.3 Å². The number of aromatic nitrogens is 1. The van der Waals surface area contributed by atoms with Gasteiger partial charge in [-0.05, 0) is 18.6 Å². The van der Waals surface area contributed by atoms with Gasteiger partial charge in [0, 0.05) is 17.5 Å². The standard InChI is InChI=1S/C10H11N/c1-3-5-10-8-9(4-2)6-7-11-10/h2,6-8H,3,5H2,1H3. The second kappa shape index (κ2) is 3.78. The number of hydrogen-bond acceptors (Lipinski definition) is 1. The molecule has 0 radical (unpaired) electrons. The number of hydrogen-bond donors (Lipinski definition) is 0. The van der Waals surface area contributed by atoms with Crippen molar-refractivity contribution in [3.8, 4) is 12.3 Å². The van der Waals surface area contributed by atoms with Crippen LogP contribution < -0.4 is 0 Å². The Hall–Kier alpha value is -1.29. The van der Waals surface area contributed by atoms with Crippen LogP contribution in [-0.4, -0.2) is 4.98 Å². The van der Waals surface area contributed by atoms with Crippen molar-refractivity contribution in [2.75, 3.05) is 0 Å². The van der Waals surface area contributed by atoms with Gasteiger partial charge in [-0.3, -0.25) is 4.98 Å². The lowest BCUT2D eigenvalue weighted by Crippen LogP contribution is -1.88. The quantitative estimate of drug-likeness (QED) is 0.580. The topological polar surface area (TPSA) is 12.9 Å². The number of rotatable bonds is 2. The van der Waals surface area contributed by atoms with Crippen LogP contribution in [0.25, 0.3) is 0 Å². The van der Waals surface area contributed by atoms with E-state index in [9.17, 15) is 0 Å². The minimum atomic E-state index is 0.920. The van der Waals surface area contributed by atoms with Gasteiger partial charge in [0.2, 0.25) is 0 Å². The highest BCUT2D eigenvalue weighted by molar-refractivity contribution is 5.31. The van der Waals surface area contributed by atoms with Gasteiger partial charge in [-0.25, -0.2) is 0 Å². The summed E-state index contributed by atoms with van der Waals surface area (Å²) in [5.41, 5.74) is 2.01. The van der Waals surface area contributed by atoms with E-state index in [-0.39, 0.29) is 0 Å². The van der Waals surface area contributed by atoms with Gasteiger partial charge in [-0.1, -0.05) is 19.3 Å². The van der Waals surface area contributed by atoms with Gasteiger partial charge in [-0.15, -0.1) is 6.42 Å². The fourth-order valence-corrected chi connectivity index (χ4v) is 0.961.